The predicted molar refractivity (Wildman–Crippen MR) is 87.8 cm³/mol. The second-order valence-electron chi connectivity index (χ2n) is 6.10. The van der Waals surface area contributed by atoms with E-state index in [1.54, 1.807) is 12.3 Å². The summed E-state index contributed by atoms with van der Waals surface area (Å²) in [5, 5.41) is 13.1. The largest absolute Gasteiger partial charge is 0.468 e. The van der Waals surface area contributed by atoms with Crippen molar-refractivity contribution in [2.45, 2.75) is 38.5 Å². The van der Waals surface area contributed by atoms with Gasteiger partial charge in [-0.15, -0.1) is 0 Å². The average molecular weight is 318 g/mol. The van der Waals surface area contributed by atoms with E-state index in [1.807, 2.05) is 25.1 Å². The van der Waals surface area contributed by atoms with Gasteiger partial charge < -0.3 is 19.7 Å². The predicted octanol–water partition coefficient (Wildman–Crippen LogP) is 3.23. The molecule has 1 saturated heterocycles. The number of rotatable bonds is 5. The molecular weight excluding hydrogens is 295 g/mol. The third kappa shape index (κ3) is 3.92. The number of aliphatic hydroxyl groups excluding tert-OH is 1. The highest BCUT2D eigenvalue weighted by Gasteiger charge is 2.21. The summed E-state index contributed by atoms with van der Waals surface area (Å²) in [6.07, 6.45) is 2.94. The van der Waals surface area contributed by atoms with Crippen LogP contribution in [-0.2, 0) is 6.54 Å². The lowest BCUT2D eigenvalue weighted by Crippen LogP contribution is -2.37. The Bertz CT molecular complexity index is 622. The molecule has 1 fully saturated rings. The molecule has 23 heavy (non-hydrogen) atoms. The first-order chi connectivity index (χ1) is 11.1. The van der Waals surface area contributed by atoms with Crippen molar-refractivity contribution in [3.63, 3.8) is 0 Å². The van der Waals surface area contributed by atoms with Crippen LogP contribution in [0.25, 0.3) is 0 Å². The summed E-state index contributed by atoms with van der Waals surface area (Å²) in [5.41, 5.74) is 1.98. The van der Waals surface area contributed by atoms with Crippen LogP contribution in [0.4, 0.5) is 10.1 Å². The Morgan fingerprint density at radius 1 is 1.35 bits per heavy atom. The number of nitrogens with one attached hydrogen (secondary N) is 1. The van der Waals surface area contributed by atoms with Gasteiger partial charge in [0.15, 0.2) is 0 Å². The molecule has 124 valence electrons. The number of benzene rings is 1. The molecule has 1 aromatic heterocycles. The van der Waals surface area contributed by atoms with E-state index in [-0.39, 0.29) is 18.0 Å². The first-order valence-corrected chi connectivity index (χ1v) is 8.11. The number of furan rings is 1. The minimum absolute atomic E-state index is 0.00218. The highest BCUT2D eigenvalue weighted by molar-refractivity contribution is 5.55. The van der Waals surface area contributed by atoms with Crippen molar-refractivity contribution in [2.24, 2.45) is 0 Å². The lowest BCUT2D eigenvalue weighted by Gasteiger charge is -2.34. The number of aliphatic hydroxyl groups is 1. The summed E-state index contributed by atoms with van der Waals surface area (Å²) in [6.45, 7) is 4.22. The molecule has 1 aromatic carbocycles. The van der Waals surface area contributed by atoms with Crippen LogP contribution in [0.3, 0.4) is 0 Å². The number of piperidine rings is 1. The van der Waals surface area contributed by atoms with Gasteiger partial charge in [-0.1, -0.05) is 0 Å². The number of halogens is 1. The Labute approximate surface area is 135 Å². The highest BCUT2D eigenvalue weighted by atomic mass is 19.1. The lowest BCUT2D eigenvalue weighted by molar-refractivity contribution is 0.145. The van der Waals surface area contributed by atoms with Gasteiger partial charge in [-0.3, -0.25) is 0 Å². The topological polar surface area (TPSA) is 48.6 Å². The van der Waals surface area contributed by atoms with Crippen molar-refractivity contribution in [3.05, 3.63) is 53.7 Å². The second-order valence-corrected chi connectivity index (χ2v) is 6.10. The number of hydrogen-bond acceptors (Lipinski definition) is 4. The fraction of sp³-hybridized carbons (Fsp3) is 0.444. The monoisotopic (exact) mass is 318 g/mol. The van der Waals surface area contributed by atoms with Gasteiger partial charge in [-0.2, -0.15) is 0 Å². The molecule has 2 aromatic rings. The first kappa shape index (κ1) is 16.0. The van der Waals surface area contributed by atoms with Crippen LogP contribution in [0.15, 0.2) is 41.0 Å². The van der Waals surface area contributed by atoms with Crippen LogP contribution in [0.1, 0.15) is 37.1 Å². The van der Waals surface area contributed by atoms with Crippen molar-refractivity contribution in [3.8, 4) is 0 Å². The molecule has 1 aliphatic heterocycles. The van der Waals surface area contributed by atoms with E-state index in [0.717, 1.165) is 42.9 Å². The molecule has 0 bridgehead atoms. The van der Waals surface area contributed by atoms with Crippen LogP contribution in [-0.4, -0.2) is 24.3 Å². The Hall–Kier alpha value is -1.85. The van der Waals surface area contributed by atoms with Crippen LogP contribution >= 0.6 is 0 Å². The molecule has 1 aliphatic rings. The van der Waals surface area contributed by atoms with E-state index in [4.69, 9.17) is 4.42 Å². The maximum atomic E-state index is 13.7. The molecule has 2 N–H and O–H groups in total. The third-order valence-corrected chi connectivity index (χ3v) is 4.42. The molecule has 1 unspecified atom stereocenters. The molecule has 0 spiro atoms. The van der Waals surface area contributed by atoms with Crippen molar-refractivity contribution in [1.82, 2.24) is 5.32 Å². The minimum atomic E-state index is -0.229. The van der Waals surface area contributed by atoms with E-state index < -0.39 is 0 Å². The summed E-state index contributed by atoms with van der Waals surface area (Å²) in [6, 6.07) is 8.71. The molecule has 5 heteroatoms. The quantitative estimate of drug-likeness (QED) is 0.888. The van der Waals surface area contributed by atoms with Gasteiger partial charge in [-0.05, 0) is 55.7 Å². The lowest BCUT2D eigenvalue weighted by atomic mass is 10.0. The van der Waals surface area contributed by atoms with Crippen molar-refractivity contribution >= 4 is 5.69 Å². The highest BCUT2D eigenvalue weighted by Crippen LogP contribution is 2.30. The van der Waals surface area contributed by atoms with Crippen LogP contribution in [0.2, 0.25) is 0 Å². The van der Waals surface area contributed by atoms with Crippen LogP contribution < -0.4 is 10.2 Å². The molecule has 3 rings (SSSR count). The van der Waals surface area contributed by atoms with Gasteiger partial charge in [0.25, 0.3) is 0 Å². The molecular formula is C18H23FN2O2. The average Bonchev–Trinajstić information content (AvgIpc) is 3.07. The van der Waals surface area contributed by atoms with E-state index in [2.05, 4.69) is 10.2 Å². The second kappa shape index (κ2) is 7.15. The third-order valence-electron chi connectivity index (χ3n) is 4.42. The smallest absolute Gasteiger partial charge is 0.123 e. The van der Waals surface area contributed by atoms with Crippen LogP contribution in [0, 0.1) is 5.82 Å². The van der Waals surface area contributed by atoms with Crippen molar-refractivity contribution < 1.29 is 13.9 Å². The molecule has 0 saturated carbocycles. The van der Waals surface area contributed by atoms with Gasteiger partial charge in [0.05, 0.1) is 18.9 Å². The summed E-state index contributed by atoms with van der Waals surface area (Å²) >= 11 is 0. The maximum Gasteiger partial charge on any atom is 0.123 e. The van der Waals surface area contributed by atoms with Gasteiger partial charge >= 0.3 is 0 Å². The maximum absolute atomic E-state index is 13.7. The summed E-state index contributed by atoms with van der Waals surface area (Å²) in [7, 11) is 0. The summed E-state index contributed by atoms with van der Waals surface area (Å²) < 4.78 is 19.1. The number of hydrogen-bond donors (Lipinski definition) is 2. The van der Waals surface area contributed by atoms with E-state index in [9.17, 15) is 9.50 Å². The Morgan fingerprint density at radius 3 is 2.83 bits per heavy atom. The molecule has 0 aliphatic carbocycles. The SMILES string of the molecule is CC(NCc1ccco1)c1cc(F)ccc1N1CCC(O)CC1. The van der Waals surface area contributed by atoms with E-state index in [1.165, 1.54) is 6.07 Å². The Balaban J connectivity index is 1.75. The number of anilines is 1. The fourth-order valence-corrected chi connectivity index (χ4v) is 3.04. The molecule has 4 nitrogen and oxygen atoms in total. The molecule has 1 atom stereocenters. The summed E-state index contributed by atoms with van der Waals surface area (Å²) in [4.78, 5) is 2.23. The zero-order valence-corrected chi connectivity index (χ0v) is 13.3. The van der Waals surface area contributed by atoms with Gasteiger partial charge in [0.1, 0.15) is 11.6 Å². The fourth-order valence-electron chi connectivity index (χ4n) is 3.04. The first-order valence-electron chi connectivity index (χ1n) is 8.11. The van der Waals surface area contributed by atoms with E-state index >= 15 is 0 Å². The summed E-state index contributed by atoms with van der Waals surface area (Å²) in [5.74, 6) is 0.628. The molecule has 2 heterocycles. The normalized spacial score (nSPS) is 17.4. The van der Waals surface area contributed by atoms with Crippen LogP contribution in [0.5, 0.6) is 0 Å². The van der Waals surface area contributed by atoms with Gasteiger partial charge in [0, 0.05) is 24.8 Å². The zero-order valence-electron chi connectivity index (χ0n) is 13.3. The van der Waals surface area contributed by atoms with Gasteiger partial charge in [0.2, 0.25) is 0 Å². The van der Waals surface area contributed by atoms with Gasteiger partial charge in [-0.25, -0.2) is 4.39 Å². The standard InChI is InChI=1S/C18H23FN2O2/c1-13(20-12-16-3-2-10-23-16)17-11-14(19)4-5-18(17)21-8-6-15(22)7-9-21/h2-5,10-11,13,15,20,22H,6-9,12H2,1H3. The Kier molecular flexibility index (Phi) is 4.98. The minimum Gasteiger partial charge on any atom is -0.468 e. The Morgan fingerprint density at radius 2 is 2.13 bits per heavy atom. The molecule has 0 radical (unpaired) electrons. The molecule has 0 amide bonds. The number of nitrogens with zero attached hydrogens (tertiary/aromatic N) is 1. The zero-order chi connectivity index (χ0) is 16.2. The van der Waals surface area contributed by atoms with Crippen molar-refractivity contribution in [1.29, 1.82) is 0 Å². The van der Waals surface area contributed by atoms with Crippen molar-refractivity contribution in [2.75, 3.05) is 18.0 Å². The van der Waals surface area contributed by atoms with E-state index in [0.29, 0.717) is 6.54 Å².